The summed E-state index contributed by atoms with van der Waals surface area (Å²) in [5.41, 5.74) is 0. The van der Waals surface area contributed by atoms with E-state index in [0.29, 0.717) is 0 Å². The van der Waals surface area contributed by atoms with Crippen LogP contribution in [0.25, 0.3) is 0 Å². The van der Waals surface area contributed by atoms with Gasteiger partial charge in [0, 0.05) is 43.5 Å². The van der Waals surface area contributed by atoms with Gasteiger partial charge in [-0.15, -0.1) is 11.8 Å². The Morgan fingerprint density at radius 1 is 1.04 bits per heavy atom. The monoisotopic (exact) mass is 328 g/mol. The number of amides is 1. The molecule has 3 rings (SSSR count). The van der Waals surface area contributed by atoms with Crippen molar-refractivity contribution in [3.05, 3.63) is 48.8 Å². The highest BCUT2D eigenvalue weighted by atomic mass is 32.2. The van der Waals surface area contributed by atoms with E-state index in [9.17, 15) is 4.79 Å². The third-order valence-electron chi connectivity index (χ3n) is 3.83. The quantitative estimate of drug-likeness (QED) is 0.806. The molecule has 1 fully saturated rings. The minimum Gasteiger partial charge on any atom is -0.338 e. The Kier molecular flexibility index (Phi) is 5.12. The highest BCUT2D eigenvalue weighted by Gasteiger charge is 2.26. The zero-order valence-corrected chi connectivity index (χ0v) is 13.9. The molecule has 6 heteroatoms. The van der Waals surface area contributed by atoms with E-state index in [1.807, 2.05) is 48.2 Å². The second-order valence-corrected chi connectivity index (χ2v) is 6.85. The predicted octanol–water partition coefficient (Wildman–Crippen LogP) is 2.31. The molecular formula is C17H20N4OS. The number of aromatic nitrogens is 2. The lowest BCUT2D eigenvalue weighted by atomic mass is 10.3. The summed E-state index contributed by atoms with van der Waals surface area (Å²) in [5.74, 6) is 0.943. The number of thioether (sulfide) groups is 1. The van der Waals surface area contributed by atoms with Gasteiger partial charge in [-0.05, 0) is 25.1 Å². The molecule has 0 saturated carbocycles. The lowest BCUT2D eigenvalue weighted by Crippen LogP contribution is -2.51. The fourth-order valence-corrected chi connectivity index (χ4v) is 3.56. The molecule has 1 atom stereocenters. The van der Waals surface area contributed by atoms with E-state index in [-0.39, 0.29) is 11.2 Å². The van der Waals surface area contributed by atoms with Crippen molar-refractivity contribution < 1.29 is 4.79 Å². The van der Waals surface area contributed by atoms with E-state index >= 15 is 0 Å². The normalized spacial score (nSPS) is 16.2. The lowest BCUT2D eigenvalue weighted by molar-refractivity contribution is -0.130. The zero-order valence-electron chi connectivity index (χ0n) is 13.1. The highest BCUT2D eigenvalue weighted by Crippen LogP contribution is 2.24. The van der Waals surface area contributed by atoms with Crippen LogP contribution in [-0.4, -0.2) is 52.2 Å². The van der Waals surface area contributed by atoms with Gasteiger partial charge in [-0.1, -0.05) is 18.2 Å². The molecule has 1 saturated heterocycles. The molecule has 5 nitrogen and oxygen atoms in total. The second-order valence-electron chi connectivity index (χ2n) is 5.43. The summed E-state index contributed by atoms with van der Waals surface area (Å²) in [4.78, 5) is 26.3. The third-order valence-corrected chi connectivity index (χ3v) is 4.93. The van der Waals surface area contributed by atoms with Crippen molar-refractivity contribution in [2.75, 3.05) is 31.1 Å². The Bertz CT molecular complexity index is 630. The molecule has 1 amide bonds. The SMILES string of the molecule is C[C@H](Sc1ccccc1)C(=O)N1CCN(c2ncccn2)CC1. The standard InChI is InChI=1S/C17H20N4OS/c1-14(23-15-6-3-2-4-7-15)16(22)20-10-12-21(13-11-20)17-18-8-5-9-19-17/h2-9,14H,10-13H2,1H3/t14-/m0/s1. The van der Waals surface area contributed by atoms with Crippen molar-refractivity contribution in [1.29, 1.82) is 0 Å². The maximum Gasteiger partial charge on any atom is 0.235 e. The number of hydrogen-bond donors (Lipinski definition) is 0. The molecule has 23 heavy (non-hydrogen) atoms. The van der Waals surface area contributed by atoms with Gasteiger partial charge in [0.05, 0.1) is 5.25 Å². The first-order valence-electron chi connectivity index (χ1n) is 7.76. The zero-order chi connectivity index (χ0) is 16.1. The van der Waals surface area contributed by atoms with Gasteiger partial charge in [0.1, 0.15) is 0 Å². The minimum atomic E-state index is -0.0723. The summed E-state index contributed by atoms with van der Waals surface area (Å²) >= 11 is 1.61. The Morgan fingerprint density at radius 2 is 1.70 bits per heavy atom. The van der Waals surface area contributed by atoms with Gasteiger partial charge in [0.15, 0.2) is 0 Å². The maximum atomic E-state index is 12.6. The van der Waals surface area contributed by atoms with Crippen LogP contribution in [0.2, 0.25) is 0 Å². The van der Waals surface area contributed by atoms with Gasteiger partial charge in [0.2, 0.25) is 11.9 Å². The molecule has 0 N–H and O–H groups in total. The predicted molar refractivity (Wildman–Crippen MR) is 92.6 cm³/mol. The van der Waals surface area contributed by atoms with Crippen molar-refractivity contribution in [2.45, 2.75) is 17.1 Å². The molecule has 1 aromatic heterocycles. The first kappa shape index (κ1) is 15.8. The smallest absolute Gasteiger partial charge is 0.235 e. The molecule has 0 radical (unpaired) electrons. The summed E-state index contributed by atoms with van der Waals surface area (Å²) in [6, 6.07) is 11.9. The number of nitrogens with zero attached hydrogens (tertiary/aromatic N) is 4. The van der Waals surface area contributed by atoms with Crippen molar-refractivity contribution >= 4 is 23.6 Å². The van der Waals surface area contributed by atoms with E-state index in [1.165, 1.54) is 0 Å². The van der Waals surface area contributed by atoms with Crippen molar-refractivity contribution in [3.8, 4) is 0 Å². The molecule has 1 aromatic carbocycles. The van der Waals surface area contributed by atoms with Crippen LogP contribution in [0, 0.1) is 0 Å². The van der Waals surface area contributed by atoms with Crippen LogP contribution in [0.3, 0.4) is 0 Å². The van der Waals surface area contributed by atoms with Crippen molar-refractivity contribution in [2.24, 2.45) is 0 Å². The first-order chi connectivity index (χ1) is 11.2. The number of carbonyl (C=O) groups excluding carboxylic acids is 1. The van der Waals surface area contributed by atoms with E-state index < -0.39 is 0 Å². The van der Waals surface area contributed by atoms with Crippen molar-refractivity contribution in [3.63, 3.8) is 0 Å². The average Bonchev–Trinajstić information content (AvgIpc) is 2.63. The minimum absolute atomic E-state index is 0.0723. The molecule has 120 valence electrons. The largest absolute Gasteiger partial charge is 0.338 e. The Labute approximate surface area is 140 Å². The average molecular weight is 328 g/mol. The van der Waals surface area contributed by atoms with E-state index in [0.717, 1.165) is 37.0 Å². The molecular weight excluding hydrogens is 308 g/mol. The lowest BCUT2D eigenvalue weighted by Gasteiger charge is -2.35. The Hall–Kier alpha value is -2.08. The summed E-state index contributed by atoms with van der Waals surface area (Å²) in [5, 5.41) is -0.0723. The maximum absolute atomic E-state index is 12.6. The molecule has 0 bridgehead atoms. The summed E-state index contributed by atoms with van der Waals surface area (Å²) in [6.45, 7) is 4.97. The number of benzene rings is 1. The van der Waals surface area contributed by atoms with Crippen LogP contribution >= 0.6 is 11.8 Å². The van der Waals surface area contributed by atoms with E-state index in [4.69, 9.17) is 0 Å². The second kappa shape index (κ2) is 7.46. The first-order valence-corrected chi connectivity index (χ1v) is 8.64. The Balaban J connectivity index is 1.54. The molecule has 1 aliphatic heterocycles. The highest BCUT2D eigenvalue weighted by molar-refractivity contribution is 8.00. The van der Waals surface area contributed by atoms with Crippen LogP contribution in [-0.2, 0) is 4.79 Å². The van der Waals surface area contributed by atoms with Crippen LogP contribution in [0.4, 0.5) is 5.95 Å². The number of carbonyl (C=O) groups is 1. The molecule has 2 aromatic rings. The third kappa shape index (κ3) is 4.01. The fourth-order valence-electron chi connectivity index (χ4n) is 2.59. The van der Waals surface area contributed by atoms with E-state index in [1.54, 1.807) is 24.2 Å². The molecule has 0 unspecified atom stereocenters. The van der Waals surface area contributed by atoms with Gasteiger partial charge in [-0.25, -0.2) is 9.97 Å². The number of piperazine rings is 1. The molecule has 0 spiro atoms. The molecule has 2 heterocycles. The number of rotatable bonds is 4. The van der Waals surface area contributed by atoms with Gasteiger partial charge < -0.3 is 9.80 Å². The Morgan fingerprint density at radius 3 is 2.35 bits per heavy atom. The van der Waals surface area contributed by atoms with E-state index in [2.05, 4.69) is 14.9 Å². The molecule has 0 aliphatic carbocycles. The summed E-state index contributed by atoms with van der Waals surface area (Å²) in [7, 11) is 0. The van der Waals surface area contributed by atoms with Gasteiger partial charge in [-0.2, -0.15) is 0 Å². The molecule has 1 aliphatic rings. The van der Waals surface area contributed by atoms with Crippen LogP contribution in [0.1, 0.15) is 6.92 Å². The van der Waals surface area contributed by atoms with Gasteiger partial charge in [0.25, 0.3) is 0 Å². The summed E-state index contributed by atoms with van der Waals surface area (Å²) in [6.07, 6.45) is 3.50. The number of anilines is 1. The van der Waals surface area contributed by atoms with Crippen molar-refractivity contribution in [1.82, 2.24) is 14.9 Å². The van der Waals surface area contributed by atoms with Crippen LogP contribution in [0.5, 0.6) is 0 Å². The number of hydrogen-bond acceptors (Lipinski definition) is 5. The topological polar surface area (TPSA) is 49.3 Å². The van der Waals surface area contributed by atoms with Crippen LogP contribution < -0.4 is 4.90 Å². The van der Waals surface area contributed by atoms with Gasteiger partial charge in [-0.3, -0.25) is 4.79 Å². The van der Waals surface area contributed by atoms with Crippen LogP contribution in [0.15, 0.2) is 53.7 Å². The summed E-state index contributed by atoms with van der Waals surface area (Å²) < 4.78 is 0. The van der Waals surface area contributed by atoms with Gasteiger partial charge >= 0.3 is 0 Å². The fraction of sp³-hybridized carbons (Fsp3) is 0.353.